The van der Waals surface area contributed by atoms with Gasteiger partial charge in [0.2, 0.25) is 0 Å². The van der Waals surface area contributed by atoms with Gasteiger partial charge in [-0.2, -0.15) is 0 Å². The number of allylic oxidation sites excluding steroid dienone is 9. The number of carboxylic acids is 1. The molecule has 0 aliphatic rings. The zero-order valence-electron chi connectivity index (χ0n) is 37.9. The summed E-state index contributed by atoms with van der Waals surface area (Å²) in [7, 11) is -4.74. The molecule has 0 saturated carbocycles. The molecule has 0 aromatic carbocycles. The first kappa shape index (κ1) is 58.1. The smallest absolute Gasteiger partial charge is 0.472 e. The number of aliphatic hydroxyl groups is 1. The van der Waals surface area contributed by atoms with Crippen molar-refractivity contribution in [1.29, 1.82) is 0 Å². The molecule has 5 N–H and O–H groups in total. The number of hydrogen-bond donors (Lipinski definition) is 4. The first-order chi connectivity index (χ1) is 29.5. The van der Waals surface area contributed by atoms with E-state index >= 15 is 0 Å². The summed E-state index contributed by atoms with van der Waals surface area (Å²) in [4.78, 5) is 46.0. The van der Waals surface area contributed by atoms with E-state index in [1.165, 1.54) is 96.3 Å². The molecule has 0 aromatic heterocycles. The van der Waals surface area contributed by atoms with Gasteiger partial charge in [0.25, 0.3) is 0 Å². The Labute approximate surface area is 369 Å². The van der Waals surface area contributed by atoms with Gasteiger partial charge in [0, 0.05) is 12.8 Å². The summed E-state index contributed by atoms with van der Waals surface area (Å²) in [6.07, 6.45) is 46.7. The van der Waals surface area contributed by atoms with E-state index in [0.717, 1.165) is 38.5 Å². The van der Waals surface area contributed by atoms with Crippen LogP contribution in [0.4, 0.5) is 0 Å². The Bertz CT molecular complexity index is 1280. The minimum atomic E-state index is -4.74. The Morgan fingerprint density at radius 1 is 0.590 bits per heavy atom. The van der Waals surface area contributed by atoms with Gasteiger partial charge in [-0.1, -0.05) is 190 Å². The SMILES string of the molecule is CCCCCCCCCCCCCCCCCCCCCC(=O)O[C@H](COC(=O)CCC/C=C\C/C=C\C/C=C\C/C=C\C=C\[C@@H](O)CC)COP(=O)(O)OC[C@H](N)C(=O)O. The summed E-state index contributed by atoms with van der Waals surface area (Å²) in [6.45, 7) is 2.43. The van der Waals surface area contributed by atoms with E-state index < -0.39 is 57.2 Å². The van der Waals surface area contributed by atoms with Gasteiger partial charge in [0.05, 0.1) is 19.3 Å². The van der Waals surface area contributed by atoms with Gasteiger partial charge in [-0.15, -0.1) is 0 Å². The van der Waals surface area contributed by atoms with Crippen LogP contribution in [0.25, 0.3) is 0 Å². The maximum atomic E-state index is 12.7. The Hall–Kier alpha value is -2.86. The molecule has 1 unspecified atom stereocenters. The molecule has 61 heavy (non-hydrogen) atoms. The number of carbonyl (C=O) groups is 3. The van der Waals surface area contributed by atoms with Crippen molar-refractivity contribution >= 4 is 25.7 Å². The molecule has 0 spiro atoms. The second kappa shape index (κ2) is 42.4. The lowest BCUT2D eigenvalue weighted by Gasteiger charge is -2.20. The molecule has 0 amide bonds. The second-order valence-electron chi connectivity index (χ2n) is 15.7. The lowest BCUT2D eigenvalue weighted by atomic mass is 10.0. The van der Waals surface area contributed by atoms with Crippen molar-refractivity contribution in [2.24, 2.45) is 5.73 Å². The number of phosphoric ester groups is 1. The van der Waals surface area contributed by atoms with Crippen LogP contribution in [-0.4, -0.2) is 71.1 Å². The second-order valence-corrected chi connectivity index (χ2v) is 17.2. The summed E-state index contributed by atoms with van der Waals surface area (Å²) in [6, 6.07) is -1.54. The minimum absolute atomic E-state index is 0.129. The number of carboxylic acid groups (broad SMARTS) is 1. The fraction of sp³-hybridized carbons (Fsp3) is 0.729. The topological polar surface area (TPSA) is 192 Å². The van der Waals surface area contributed by atoms with Crippen molar-refractivity contribution in [2.75, 3.05) is 19.8 Å². The van der Waals surface area contributed by atoms with E-state index in [1.54, 1.807) is 6.08 Å². The number of carbonyl (C=O) groups excluding carboxylic acids is 2. The van der Waals surface area contributed by atoms with E-state index in [1.807, 2.05) is 37.3 Å². The highest BCUT2D eigenvalue weighted by atomic mass is 31.2. The maximum absolute atomic E-state index is 12.7. The lowest BCUT2D eigenvalue weighted by Crippen LogP contribution is -2.34. The molecule has 0 aliphatic heterocycles. The molecule has 0 radical (unpaired) electrons. The van der Waals surface area contributed by atoms with E-state index in [-0.39, 0.29) is 19.4 Å². The monoisotopic (exact) mass is 882 g/mol. The lowest BCUT2D eigenvalue weighted by molar-refractivity contribution is -0.161. The molecule has 0 fully saturated rings. The molecule has 13 heteroatoms. The molecule has 352 valence electrons. The van der Waals surface area contributed by atoms with Gasteiger partial charge in [-0.05, 0) is 44.9 Å². The van der Waals surface area contributed by atoms with Crippen molar-refractivity contribution in [3.8, 4) is 0 Å². The van der Waals surface area contributed by atoms with Crippen LogP contribution in [0.1, 0.15) is 187 Å². The van der Waals surface area contributed by atoms with Crippen LogP contribution in [-0.2, 0) is 37.5 Å². The van der Waals surface area contributed by atoms with E-state index in [0.29, 0.717) is 25.7 Å². The highest BCUT2D eigenvalue weighted by Gasteiger charge is 2.28. The summed E-state index contributed by atoms with van der Waals surface area (Å²) in [5.41, 5.74) is 5.34. The van der Waals surface area contributed by atoms with Gasteiger partial charge >= 0.3 is 25.7 Å². The molecular weight excluding hydrogens is 797 g/mol. The van der Waals surface area contributed by atoms with Crippen molar-refractivity contribution in [1.82, 2.24) is 0 Å². The van der Waals surface area contributed by atoms with Gasteiger partial charge < -0.3 is 30.3 Å². The largest absolute Gasteiger partial charge is 0.480 e. The normalized spacial score (nSPS) is 14.7. The fourth-order valence-electron chi connectivity index (χ4n) is 6.11. The Kier molecular flexibility index (Phi) is 40.5. The number of esters is 2. The molecule has 4 atom stereocenters. The predicted molar refractivity (Wildman–Crippen MR) is 246 cm³/mol. The predicted octanol–water partition coefficient (Wildman–Crippen LogP) is 11.7. The first-order valence-electron chi connectivity index (χ1n) is 23.4. The molecule has 0 aromatic rings. The van der Waals surface area contributed by atoms with Crippen molar-refractivity contribution in [3.05, 3.63) is 60.8 Å². The van der Waals surface area contributed by atoms with Gasteiger partial charge in [-0.25, -0.2) is 4.57 Å². The number of nitrogens with two attached hydrogens (primary N) is 1. The summed E-state index contributed by atoms with van der Waals surface area (Å²) >= 11 is 0. The Morgan fingerprint density at radius 2 is 1.05 bits per heavy atom. The summed E-state index contributed by atoms with van der Waals surface area (Å²) in [5, 5.41) is 18.4. The van der Waals surface area contributed by atoms with E-state index in [2.05, 4.69) is 35.8 Å². The number of phosphoric acid groups is 1. The van der Waals surface area contributed by atoms with Crippen LogP contribution in [0.15, 0.2) is 60.8 Å². The minimum Gasteiger partial charge on any atom is -0.480 e. The number of rotatable bonds is 43. The molecule has 0 heterocycles. The average molecular weight is 882 g/mol. The number of unbranched alkanes of at least 4 members (excludes halogenated alkanes) is 19. The average Bonchev–Trinajstić information content (AvgIpc) is 3.24. The fourth-order valence-corrected chi connectivity index (χ4v) is 6.89. The van der Waals surface area contributed by atoms with Crippen molar-refractivity contribution in [3.63, 3.8) is 0 Å². The highest BCUT2D eigenvalue weighted by molar-refractivity contribution is 7.47. The Balaban J connectivity index is 4.40. The summed E-state index contributed by atoms with van der Waals surface area (Å²) < 4.78 is 32.7. The van der Waals surface area contributed by atoms with Crippen LogP contribution in [0.5, 0.6) is 0 Å². The molecule has 0 rings (SSSR count). The van der Waals surface area contributed by atoms with Crippen molar-refractivity contribution < 1.29 is 52.6 Å². The number of aliphatic carboxylic acids is 1. The quantitative estimate of drug-likeness (QED) is 0.0149. The molecular formula is C48H84NO11P. The van der Waals surface area contributed by atoms with Crippen LogP contribution < -0.4 is 5.73 Å². The zero-order valence-corrected chi connectivity index (χ0v) is 38.7. The van der Waals surface area contributed by atoms with Gasteiger partial charge in [0.15, 0.2) is 6.10 Å². The van der Waals surface area contributed by atoms with Gasteiger partial charge in [0.1, 0.15) is 12.6 Å². The van der Waals surface area contributed by atoms with Crippen LogP contribution >= 0.6 is 7.82 Å². The van der Waals surface area contributed by atoms with E-state index in [9.17, 15) is 28.9 Å². The zero-order chi connectivity index (χ0) is 45.1. The van der Waals surface area contributed by atoms with Crippen LogP contribution in [0.3, 0.4) is 0 Å². The number of aliphatic hydroxyl groups excluding tert-OH is 1. The molecule has 0 saturated heterocycles. The number of hydrogen-bond acceptors (Lipinski definition) is 10. The van der Waals surface area contributed by atoms with Gasteiger partial charge in [-0.3, -0.25) is 23.4 Å². The third-order valence-electron chi connectivity index (χ3n) is 9.94. The third-order valence-corrected chi connectivity index (χ3v) is 10.9. The molecule has 12 nitrogen and oxygen atoms in total. The van der Waals surface area contributed by atoms with Crippen LogP contribution in [0, 0.1) is 0 Å². The van der Waals surface area contributed by atoms with Crippen LogP contribution in [0.2, 0.25) is 0 Å². The Morgan fingerprint density at radius 3 is 1.56 bits per heavy atom. The molecule has 0 aliphatic carbocycles. The first-order valence-corrected chi connectivity index (χ1v) is 24.9. The highest BCUT2D eigenvalue weighted by Crippen LogP contribution is 2.43. The third kappa shape index (κ3) is 42.2. The van der Waals surface area contributed by atoms with Crippen molar-refractivity contribution in [2.45, 2.75) is 205 Å². The number of ether oxygens (including phenoxy) is 2. The standard InChI is InChI=1S/C48H84NO11P/c1-3-5-6-7-8-9-10-11-12-13-14-15-16-21-24-27-30-33-36-39-47(52)60-44(41-58-61(55,56)59-42-45(49)48(53)54)40-57-46(51)38-35-32-29-26-23-20-18-17-19-22-25-28-31-34-37-43(50)4-2/h18-20,22,26,28-29,31,34,37,43-45,50H,3-17,21,23-25,27,30,32-33,35-36,38-42,49H2,1-2H3,(H,53,54)(H,55,56)/b20-18-,22-19-,29-26-,31-28-,37-34+/t43-,44+,45-/m0/s1. The summed E-state index contributed by atoms with van der Waals surface area (Å²) in [5.74, 6) is -2.47. The molecule has 0 bridgehead atoms. The van der Waals surface area contributed by atoms with E-state index in [4.69, 9.17) is 24.8 Å². The maximum Gasteiger partial charge on any atom is 0.472 e.